The molecule has 0 saturated heterocycles. The highest BCUT2D eigenvalue weighted by Crippen LogP contribution is 2.47. The van der Waals surface area contributed by atoms with Gasteiger partial charge < -0.3 is 4.57 Å². The van der Waals surface area contributed by atoms with Crippen LogP contribution < -0.4 is 0 Å². The molecule has 4 nitrogen and oxygen atoms in total. The summed E-state index contributed by atoms with van der Waals surface area (Å²) in [6.45, 7) is 6.97. The van der Waals surface area contributed by atoms with E-state index in [1.165, 1.54) is 49.8 Å². The van der Waals surface area contributed by atoms with E-state index in [1.54, 1.807) is 0 Å². The molecular formula is C34H28N4. The number of nitrogens with zero attached hydrogens (tertiary/aromatic N) is 4. The first-order valence-corrected chi connectivity index (χ1v) is 13.3. The first-order chi connectivity index (χ1) is 18.5. The lowest BCUT2D eigenvalue weighted by Gasteiger charge is -2.36. The van der Waals surface area contributed by atoms with Gasteiger partial charge in [-0.1, -0.05) is 68.5 Å². The van der Waals surface area contributed by atoms with E-state index in [-0.39, 0.29) is 10.8 Å². The highest BCUT2D eigenvalue weighted by atomic mass is 15.1. The first-order valence-electron chi connectivity index (χ1n) is 13.3. The Balaban J connectivity index is 1.44. The summed E-state index contributed by atoms with van der Waals surface area (Å²) >= 11 is 0. The molecule has 0 radical (unpaired) electrons. The summed E-state index contributed by atoms with van der Waals surface area (Å²) in [4.78, 5) is 9.59. The predicted molar refractivity (Wildman–Crippen MR) is 157 cm³/mol. The van der Waals surface area contributed by atoms with Gasteiger partial charge in [-0.05, 0) is 60.9 Å². The van der Waals surface area contributed by atoms with Gasteiger partial charge in [0.1, 0.15) is 5.82 Å². The van der Waals surface area contributed by atoms with Gasteiger partial charge in [-0.2, -0.15) is 0 Å². The zero-order chi connectivity index (χ0) is 25.6. The molecule has 0 aliphatic carbocycles. The molecule has 6 aromatic rings. The van der Waals surface area contributed by atoms with Gasteiger partial charge >= 0.3 is 0 Å². The number of hydrogen-bond acceptors (Lipinski definition) is 2. The average molecular weight is 493 g/mol. The van der Waals surface area contributed by atoms with Crippen LogP contribution in [0, 0.1) is 0 Å². The third kappa shape index (κ3) is 2.70. The quantitative estimate of drug-likeness (QED) is 0.241. The second kappa shape index (κ2) is 7.32. The van der Waals surface area contributed by atoms with Gasteiger partial charge in [0.15, 0.2) is 0 Å². The molecule has 0 fully saturated rings. The van der Waals surface area contributed by atoms with Gasteiger partial charge in [0.05, 0.1) is 33.2 Å². The lowest BCUT2D eigenvalue weighted by molar-refractivity contribution is 0.556. The number of aromatic nitrogens is 3. The Morgan fingerprint density at radius 2 is 1.47 bits per heavy atom. The first kappa shape index (κ1) is 21.6. The summed E-state index contributed by atoms with van der Waals surface area (Å²) in [5.74, 6) is 1.07. The smallest absolute Gasteiger partial charge is 0.124 e. The Bertz CT molecular complexity index is 1950. The maximum absolute atomic E-state index is 5.24. The minimum atomic E-state index is -0.220. The summed E-state index contributed by atoms with van der Waals surface area (Å²) in [5.41, 5.74) is 9.37. The Hall–Kier alpha value is -4.44. The fraction of sp³-hybridized carbons (Fsp3) is 0.176. The molecule has 1 unspecified atom stereocenters. The molecule has 1 atom stereocenters. The Morgan fingerprint density at radius 3 is 2.18 bits per heavy atom. The monoisotopic (exact) mass is 492 g/mol. The van der Waals surface area contributed by atoms with Gasteiger partial charge in [0.25, 0.3) is 0 Å². The molecule has 0 N–H and O–H groups in total. The summed E-state index contributed by atoms with van der Waals surface area (Å²) in [7, 11) is 0. The largest absolute Gasteiger partial charge is 0.309 e. The van der Waals surface area contributed by atoms with Gasteiger partial charge in [-0.25, -0.2) is 4.98 Å². The third-order valence-electron chi connectivity index (χ3n) is 8.74. The van der Waals surface area contributed by atoms with Gasteiger partial charge in [0.2, 0.25) is 0 Å². The maximum Gasteiger partial charge on any atom is 0.124 e. The highest BCUT2D eigenvalue weighted by molar-refractivity contribution is 6.09. The van der Waals surface area contributed by atoms with Crippen LogP contribution in [0.15, 0.2) is 102 Å². The van der Waals surface area contributed by atoms with Crippen LogP contribution in [0.2, 0.25) is 0 Å². The zero-order valence-corrected chi connectivity index (χ0v) is 21.8. The minimum Gasteiger partial charge on any atom is -0.309 e. The van der Waals surface area contributed by atoms with Crippen molar-refractivity contribution in [3.8, 4) is 11.4 Å². The Labute approximate surface area is 221 Å². The normalized spacial score (nSPS) is 19.4. The van der Waals surface area contributed by atoms with Crippen LogP contribution >= 0.6 is 0 Å². The van der Waals surface area contributed by atoms with Crippen LogP contribution in [0.25, 0.3) is 44.2 Å². The summed E-state index contributed by atoms with van der Waals surface area (Å²) in [5, 5.41) is 2.56. The zero-order valence-electron chi connectivity index (χ0n) is 21.8. The maximum atomic E-state index is 5.24. The molecule has 8 rings (SSSR count). The van der Waals surface area contributed by atoms with Crippen molar-refractivity contribution in [1.82, 2.24) is 14.1 Å². The van der Waals surface area contributed by atoms with Crippen molar-refractivity contribution in [2.75, 3.05) is 0 Å². The van der Waals surface area contributed by atoms with E-state index in [9.17, 15) is 0 Å². The van der Waals surface area contributed by atoms with E-state index >= 15 is 0 Å². The fourth-order valence-electron chi connectivity index (χ4n) is 6.70. The molecule has 0 amide bonds. The topological polar surface area (TPSA) is 35.1 Å². The molecular weight excluding hydrogens is 464 g/mol. The van der Waals surface area contributed by atoms with Crippen LogP contribution in [-0.2, 0) is 10.8 Å². The molecule has 0 saturated carbocycles. The molecule has 38 heavy (non-hydrogen) atoms. The second-order valence-corrected chi connectivity index (χ2v) is 11.4. The molecule has 2 aliphatic heterocycles. The number of rotatable bonds is 2. The molecule has 2 aliphatic rings. The number of allylic oxidation sites excluding steroid dienone is 1. The molecule has 184 valence electrons. The molecule has 4 heterocycles. The van der Waals surface area contributed by atoms with Crippen molar-refractivity contribution in [3.05, 3.63) is 114 Å². The number of aliphatic imine (C=N–C) groups is 1. The predicted octanol–water partition coefficient (Wildman–Crippen LogP) is 8.01. The van der Waals surface area contributed by atoms with Crippen molar-refractivity contribution in [2.45, 2.75) is 38.0 Å². The van der Waals surface area contributed by atoms with Crippen LogP contribution in [0.1, 0.15) is 44.1 Å². The van der Waals surface area contributed by atoms with E-state index in [2.05, 4.69) is 126 Å². The van der Waals surface area contributed by atoms with E-state index in [0.717, 1.165) is 17.8 Å². The minimum absolute atomic E-state index is 0.179. The average Bonchev–Trinajstić information content (AvgIpc) is 3.50. The van der Waals surface area contributed by atoms with E-state index < -0.39 is 0 Å². The summed E-state index contributed by atoms with van der Waals surface area (Å²) in [6.07, 6.45) is 6.95. The van der Waals surface area contributed by atoms with Crippen LogP contribution in [0.5, 0.6) is 0 Å². The number of hydrogen-bond donors (Lipinski definition) is 0. The molecule has 4 heteroatoms. The van der Waals surface area contributed by atoms with Crippen molar-refractivity contribution in [3.63, 3.8) is 0 Å². The Morgan fingerprint density at radius 1 is 0.737 bits per heavy atom. The number of benzene rings is 4. The molecule has 0 spiro atoms. The lowest BCUT2D eigenvalue weighted by Crippen LogP contribution is -2.31. The molecule has 0 bridgehead atoms. The third-order valence-corrected chi connectivity index (χ3v) is 8.74. The summed E-state index contributed by atoms with van der Waals surface area (Å²) in [6, 6.07) is 31.0. The van der Waals surface area contributed by atoms with Gasteiger partial charge in [-0.3, -0.25) is 9.56 Å². The standard InChI is InChI=1S/C34H28N4/c1-33(2)25-11-8-12-27-31(25)38(32(36-27)34(3)17-19-35-20-18-34)30-16-15-22(21-26(30)33)37-28-13-6-4-9-23(28)24-10-5-7-14-29(24)37/h4-17,19-21H,18H2,1-3H3. The number of imidazole rings is 1. The lowest BCUT2D eigenvalue weighted by atomic mass is 9.74. The van der Waals surface area contributed by atoms with Crippen LogP contribution in [0.4, 0.5) is 0 Å². The second-order valence-electron chi connectivity index (χ2n) is 11.4. The van der Waals surface area contributed by atoms with Crippen LogP contribution in [0.3, 0.4) is 0 Å². The van der Waals surface area contributed by atoms with Crippen molar-refractivity contribution in [2.24, 2.45) is 4.99 Å². The Kier molecular flexibility index (Phi) is 4.17. The van der Waals surface area contributed by atoms with E-state index in [4.69, 9.17) is 4.98 Å². The summed E-state index contributed by atoms with van der Waals surface area (Å²) < 4.78 is 4.83. The molecule has 4 aromatic carbocycles. The van der Waals surface area contributed by atoms with Crippen molar-refractivity contribution < 1.29 is 0 Å². The van der Waals surface area contributed by atoms with E-state index in [1.807, 2.05) is 12.4 Å². The van der Waals surface area contributed by atoms with Crippen molar-refractivity contribution >= 4 is 39.1 Å². The number of para-hydroxylation sites is 3. The van der Waals surface area contributed by atoms with Crippen molar-refractivity contribution in [1.29, 1.82) is 0 Å². The highest BCUT2D eigenvalue weighted by Gasteiger charge is 2.39. The van der Waals surface area contributed by atoms with E-state index in [0.29, 0.717) is 0 Å². The SMILES string of the molecule is CC1(c2nc3cccc4c3n2-c2ccc(-n3c5ccccc5c5ccccc53)cc2C4(C)C)C=CN=CC1. The van der Waals surface area contributed by atoms with Gasteiger partial charge in [0, 0.05) is 34.3 Å². The number of fused-ring (bicyclic) bond motifs is 5. The van der Waals surface area contributed by atoms with Crippen LogP contribution in [-0.4, -0.2) is 20.3 Å². The molecule has 2 aromatic heterocycles. The fourth-order valence-corrected chi connectivity index (χ4v) is 6.70. The van der Waals surface area contributed by atoms with Gasteiger partial charge in [-0.15, -0.1) is 0 Å².